The number of nitrogens with one attached hydrogen (secondary N) is 1. The quantitative estimate of drug-likeness (QED) is 0.330. The van der Waals surface area contributed by atoms with Crippen molar-refractivity contribution in [3.63, 3.8) is 0 Å². The Bertz CT molecular complexity index is 722. The lowest BCUT2D eigenvalue weighted by Gasteiger charge is -2.40. The Hall–Kier alpha value is -2.17. The number of alkyl halides is 6. The monoisotopic (exact) mass is 582 g/mol. The number of carboxylic acid groups (broad SMARTS) is 3. The fourth-order valence-electron chi connectivity index (χ4n) is 4.49. The summed E-state index contributed by atoms with van der Waals surface area (Å²) >= 11 is 0. The maximum atomic E-state index is 10.6. The van der Waals surface area contributed by atoms with E-state index in [0.29, 0.717) is 12.1 Å². The van der Waals surface area contributed by atoms with Gasteiger partial charge < -0.3 is 35.0 Å². The van der Waals surface area contributed by atoms with E-state index in [1.165, 1.54) is 38.5 Å². The minimum Gasteiger partial charge on any atom is -0.480 e. The number of halogens is 6. The van der Waals surface area contributed by atoms with Gasteiger partial charge in [-0.3, -0.25) is 0 Å². The van der Waals surface area contributed by atoms with E-state index in [-0.39, 0.29) is 12.7 Å². The van der Waals surface area contributed by atoms with Crippen LogP contribution in [0.25, 0.3) is 0 Å². The molecule has 0 radical (unpaired) electrons. The van der Waals surface area contributed by atoms with Crippen LogP contribution in [0, 0.1) is 5.92 Å². The number of piperidine rings is 2. The first-order valence-electron chi connectivity index (χ1n) is 12.6. The highest BCUT2D eigenvalue weighted by molar-refractivity contribution is 5.73. The van der Waals surface area contributed by atoms with Gasteiger partial charge in [-0.05, 0) is 70.4 Å². The van der Waals surface area contributed by atoms with Gasteiger partial charge >= 0.3 is 30.3 Å². The zero-order valence-corrected chi connectivity index (χ0v) is 21.3. The Kier molecular flexibility index (Phi) is 15.0. The highest BCUT2D eigenvalue weighted by Crippen LogP contribution is 2.28. The van der Waals surface area contributed by atoms with Gasteiger partial charge in [-0.2, -0.15) is 26.3 Å². The van der Waals surface area contributed by atoms with Crippen molar-refractivity contribution in [3.8, 4) is 0 Å². The molecular formula is C23H36F6N2O8. The van der Waals surface area contributed by atoms with E-state index in [9.17, 15) is 31.1 Å². The number of nitrogens with zero attached hydrogens (tertiary/aromatic N) is 1. The molecule has 1 saturated carbocycles. The van der Waals surface area contributed by atoms with Gasteiger partial charge in [-0.1, -0.05) is 0 Å². The molecule has 16 heteroatoms. The van der Waals surface area contributed by atoms with E-state index in [1.54, 1.807) is 0 Å². The predicted octanol–water partition coefficient (Wildman–Crippen LogP) is 3.15. The van der Waals surface area contributed by atoms with E-state index in [1.807, 2.05) is 0 Å². The van der Waals surface area contributed by atoms with E-state index in [0.717, 1.165) is 51.5 Å². The van der Waals surface area contributed by atoms with Crippen LogP contribution in [0.5, 0.6) is 0 Å². The van der Waals surface area contributed by atoms with Crippen LogP contribution < -0.4 is 5.32 Å². The van der Waals surface area contributed by atoms with E-state index >= 15 is 0 Å². The van der Waals surface area contributed by atoms with Gasteiger partial charge in [-0.15, -0.1) is 0 Å². The average Bonchev–Trinajstić information content (AvgIpc) is 2.87. The maximum Gasteiger partial charge on any atom is 0.490 e. The molecule has 0 unspecified atom stereocenters. The molecule has 0 aromatic carbocycles. The van der Waals surface area contributed by atoms with Crippen molar-refractivity contribution < 1.29 is 65.5 Å². The molecule has 0 amide bonds. The Morgan fingerprint density at radius 2 is 1.15 bits per heavy atom. The Labute approximate surface area is 221 Å². The average molecular weight is 583 g/mol. The standard InChI is InChI=1S/C19H34N2O4.2C2HF3O2/c22-19(23)14-25-18-7-11-21(12-8-18)16-1-3-17(4-2-16)24-13-15-5-9-20-10-6-15;2*3-2(4,5)1(6)7/h15-18,20H,1-14H2,(H,22,23);2*(H,6,7). The minimum atomic E-state index is -5.08. The second-order valence-corrected chi connectivity index (χ2v) is 9.50. The molecule has 4 N–H and O–H groups in total. The van der Waals surface area contributed by atoms with E-state index < -0.39 is 30.3 Å². The molecular weight excluding hydrogens is 546 g/mol. The fourth-order valence-corrected chi connectivity index (χ4v) is 4.49. The lowest BCUT2D eigenvalue weighted by atomic mass is 9.90. The number of carboxylic acids is 3. The largest absolute Gasteiger partial charge is 0.490 e. The van der Waals surface area contributed by atoms with Crippen molar-refractivity contribution in [1.82, 2.24) is 10.2 Å². The Morgan fingerprint density at radius 1 is 0.718 bits per heavy atom. The first-order chi connectivity index (χ1) is 18.1. The van der Waals surface area contributed by atoms with Crippen LogP contribution in [0.3, 0.4) is 0 Å². The summed E-state index contributed by atoms with van der Waals surface area (Å²) in [6, 6.07) is 0.680. The number of likely N-dealkylation sites (tertiary alicyclic amines) is 1. The summed E-state index contributed by atoms with van der Waals surface area (Å²) < 4.78 is 75.1. The lowest BCUT2D eigenvalue weighted by Crippen LogP contribution is -2.45. The first-order valence-corrected chi connectivity index (χ1v) is 12.6. The third-order valence-corrected chi connectivity index (χ3v) is 6.59. The van der Waals surface area contributed by atoms with E-state index in [2.05, 4.69) is 10.2 Å². The second-order valence-electron chi connectivity index (χ2n) is 9.50. The number of carbonyl (C=O) groups is 3. The molecule has 3 aliphatic rings. The van der Waals surface area contributed by atoms with Crippen LogP contribution in [0.2, 0.25) is 0 Å². The first kappa shape index (κ1) is 34.9. The summed E-state index contributed by atoms with van der Waals surface area (Å²) in [4.78, 5) is 31.0. The Morgan fingerprint density at radius 3 is 1.56 bits per heavy atom. The van der Waals surface area contributed by atoms with Gasteiger partial charge in [0, 0.05) is 25.7 Å². The molecule has 0 aromatic rings. The molecule has 2 heterocycles. The lowest BCUT2D eigenvalue weighted by molar-refractivity contribution is -0.193. The summed E-state index contributed by atoms with van der Waals surface area (Å²) in [6.45, 7) is 5.15. The van der Waals surface area contributed by atoms with Crippen LogP contribution >= 0.6 is 0 Å². The van der Waals surface area contributed by atoms with Gasteiger partial charge in [0.2, 0.25) is 0 Å². The number of ether oxygens (including phenoxy) is 2. The van der Waals surface area contributed by atoms with Gasteiger partial charge in [0.15, 0.2) is 0 Å². The molecule has 2 aliphatic heterocycles. The van der Waals surface area contributed by atoms with Crippen LogP contribution in [0.15, 0.2) is 0 Å². The minimum absolute atomic E-state index is 0.122. The third kappa shape index (κ3) is 15.3. The normalized spacial score (nSPS) is 23.5. The Balaban J connectivity index is 0.000000449. The van der Waals surface area contributed by atoms with E-state index in [4.69, 9.17) is 34.4 Å². The van der Waals surface area contributed by atoms with Crippen LogP contribution in [-0.2, 0) is 23.9 Å². The summed E-state index contributed by atoms with van der Waals surface area (Å²) in [6.07, 6.45) is -0.313. The molecule has 0 bridgehead atoms. The summed E-state index contributed by atoms with van der Waals surface area (Å²) in [5, 5.41) is 26.4. The number of hydrogen-bond acceptors (Lipinski definition) is 7. The van der Waals surface area contributed by atoms with Crippen molar-refractivity contribution >= 4 is 17.9 Å². The third-order valence-electron chi connectivity index (χ3n) is 6.59. The smallest absolute Gasteiger partial charge is 0.480 e. The molecule has 1 aliphatic carbocycles. The van der Waals surface area contributed by atoms with Gasteiger partial charge in [0.05, 0.1) is 12.2 Å². The molecule has 2 saturated heterocycles. The molecule has 10 nitrogen and oxygen atoms in total. The van der Waals surface area contributed by atoms with Gasteiger partial charge in [0.1, 0.15) is 6.61 Å². The zero-order chi connectivity index (χ0) is 29.6. The summed E-state index contributed by atoms with van der Waals surface area (Å²) in [5.41, 5.74) is 0. The zero-order valence-electron chi connectivity index (χ0n) is 21.3. The number of aliphatic carboxylic acids is 3. The van der Waals surface area contributed by atoms with Gasteiger partial charge in [-0.25, -0.2) is 14.4 Å². The van der Waals surface area contributed by atoms with Crippen LogP contribution in [-0.4, -0.2) is 108 Å². The molecule has 0 spiro atoms. The number of rotatable bonds is 7. The summed E-state index contributed by atoms with van der Waals surface area (Å²) in [5.74, 6) is -5.63. The van der Waals surface area contributed by atoms with Crippen molar-refractivity contribution in [2.24, 2.45) is 5.92 Å². The van der Waals surface area contributed by atoms with Crippen molar-refractivity contribution in [1.29, 1.82) is 0 Å². The summed E-state index contributed by atoms with van der Waals surface area (Å²) in [7, 11) is 0. The maximum absolute atomic E-state index is 10.6. The number of hydrogen-bond donors (Lipinski definition) is 4. The van der Waals surface area contributed by atoms with Gasteiger partial charge in [0.25, 0.3) is 0 Å². The highest BCUT2D eigenvalue weighted by atomic mass is 19.4. The molecule has 3 fully saturated rings. The van der Waals surface area contributed by atoms with Crippen LogP contribution in [0.4, 0.5) is 26.3 Å². The fraction of sp³-hybridized carbons (Fsp3) is 0.870. The topological polar surface area (TPSA) is 146 Å². The molecule has 0 aromatic heterocycles. The molecule has 3 rings (SSSR count). The molecule has 39 heavy (non-hydrogen) atoms. The van der Waals surface area contributed by atoms with Crippen molar-refractivity contribution in [2.45, 2.75) is 82.0 Å². The highest BCUT2D eigenvalue weighted by Gasteiger charge is 2.39. The molecule has 0 atom stereocenters. The van der Waals surface area contributed by atoms with Crippen molar-refractivity contribution in [2.75, 3.05) is 39.4 Å². The SMILES string of the molecule is O=C(O)C(F)(F)F.O=C(O)C(F)(F)F.O=C(O)COC1CCN(C2CCC(OCC3CCNCC3)CC2)CC1. The predicted molar refractivity (Wildman–Crippen MR) is 123 cm³/mol. The van der Waals surface area contributed by atoms with Crippen molar-refractivity contribution in [3.05, 3.63) is 0 Å². The second kappa shape index (κ2) is 16.8. The molecule has 228 valence electrons. The van der Waals surface area contributed by atoms with Crippen LogP contribution in [0.1, 0.15) is 51.4 Å².